The van der Waals surface area contributed by atoms with Crippen LogP contribution in [0.15, 0.2) is 30.7 Å². The summed E-state index contributed by atoms with van der Waals surface area (Å²) in [6.07, 6.45) is 3.66. The highest BCUT2D eigenvalue weighted by Gasteiger charge is 2.18. The Balaban J connectivity index is 1.59. The summed E-state index contributed by atoms with van der Waals surface area (Å²) in [5, 5.41) is 4.37. The topological polar surface area (TPSA) is 42.1 Å². The molecule has 0 N–H and O–H groups in total. The van der Waals surface area contributed by atoms with Gasteiger partial charge in [0.1, 0.15) is 12.1 Å². The van der Waals surface area contributed by atoms with E-state index in [9.17, 15) is 0 Å². The number of hydrogen-bond acceptors (Lipinski definition) is 5. The third kappa shape index (κ3) is 3.14. The third-order valence-corrected chi connectivity index (χ3v) is 4.26. The second kappa shape index (κ2) is 6.36. The molecule has 1 aliphatic rings. The summed E-state index contributed by atoms with van der Waals surface area (Å²) >= 11 is 5.41. The molecule has 1 aliphatic heterocycles. The summed E-state index contributed by atoms with van der Waals surface area (Å²) in [6.45, 7) is 7.67. The number of anilines is 1. The van der Waals surface area contributed by atoms with Crippen molar-refractivity contribution < 1.29 is 0 Å². The molecule has 0 aromatic carbocycles. The lowest BCUT2D eigenvalue weighted by Crippen LogP contribution is -2.47. The smallest absolute Gasteiger partial charge is 0.198 e. The average Bonchev–Trinajstić information content (AvgIpc) is 2.89. The van der Waals surface area contributed by atoms with Gasteiger partial charge in [0.05, 0.1) is 6.67 Å². The van der Waals surface area contributed by atoms with Gasteiger partial charge in [-0.2, -0.15) is 5.10 Å². The fourth-order valence-electron chi connectivity index (χ4n) is 2.53. The highest BCUT2D eigenvalue weighted by atomic mass is 32.1. The van der Waals surface area contributed by atoms with Gasteiger partial charge in [0.25, 0.3) is 0 Å². The minimum atomic E-state index is 0.766. The van der Waals surface area contributed by atoms with E-state index >= 15 is 0 Å². The Hall–Kier alpha value is -1.73. The zero-order valence-corrected chi connectivity index (χ0v) is 13.0. The van der Waals surface area contributed by atoms with Crippen molar-refractivity contribution in [2.75, 3.05) is 31.1 Å². The number of pyridine rings is 1. The molecule has 1 fully saturated rings. The van der Waals surface area contributed by atoms with E-state index in [-0.39, 0.29) is 0 Å². The van der Waals surface area contributed by atoms with Crippen LogP contribution in [0.25, 0.3) is 0 Å². The van der Waals surface area contributed by atoms with Crippen molar-refractivity contribution in [2.24, 2.45) is 0 Å². The van der Waals surface area contributed by atoms with Crippen molar-refractivity contribution >= 4 is 18.0 Å². The van der Waals surface area contributed by atoms with Crippen LogP contribution in [0, 0.1) is 4.77 Å². The Labute approximate surface area is 129 Å². The Morgan fingerprint density at radius 2 is 2.00 bits per heavy atom. The van der Waals surface area contributed by atoms with Crippen LogP contribution < -0.4 is 4.90 Å². The standard InChI is InChI=1S/C14H20N6S/c1-2-18-11-16-20(14(18)21)12-17-7-9-19(10-8-17)13-5-3-4-6-15-13/h3-6,11H,2,7-10,12H2,1H3. The van der Waals surface area contributed by atoms with Crippen LogP contribution in [-0.4, -0.2) is 50.4 Å². The maximum absolute atomic E-state index is 5.41. The minimum absolute atomic E-state index is 0.766. The maximum Gasteiger partial charge on any atom is 0.198 e. The molecule has 7 heteroatoms. The summed E-state index contributed by atoms with van der Waals surface area (Å²) in [5.74, 6) is 1.06. The second-order valence-electron chi connectivity index (χ2n) is 5.13. The largest absolute Gasteiger partial charge is 0.354 e. The number of rotatable bonds is 4. The van der Waals surface area contributed by atoms with E-state index in [0.717, 1.165) is 50.0 Å². The molecule has 2 aromatic heterocycles. The van der Waals surface area contributed by atoms with Gasteiger partial charge in [0, 0.05) is 38.9 Å². The molecule has 2 aromatic rings. The molecule has 0 spiro atoms. The first kappa shape index (κ1) is 14.2. The molecule has 0 amide bonds. The predicted octanol–water partition coefficient (Wildman–Crippen LogP) is 1.61. The maximum atomic E-state index is 5.41. The molecule has 0 radical (unpaired) electrons. The Morgan fingerprint density at radius 3 is 2.62 bits per heavy atom. The normalized spacial score (nSPS) is 16.3. The van der Waals surface area contributed by atoms with E-state index in [1.807, 2.05) is 33.9 Å². The van der Waals surface area contributed by atoms with Crippen molar-refractivity contribution in [2.45, 2.75) is 20.1 Å². The molecule has 1 saturated heterocycles. The van der Waals surface area contributed by atoms with Crippen molar-refractivity contribution in [3.05, 3.63) is 35.5 Å². The van der Waals surface area contributed by atoms with Gasteiger partial charge >= 0.3 is 0 Å². The summed E-state index contributed by atoms with van der Waals surface area (Å²) in [5.41, 5.74) is 0. The quantitative estimate of drug-likeness (QED) is 0.803. The third-order valence-electron chi connectivity index (χ3n) is 3.82. The number of hydrogen-bond donors (Lipinski definition) is 0. The van der Waals surface area contributed by atoms with Crippen LogP contribution >= 0.6 is 12.2 Å². The minimum Gasteiger partial charge on any atom is -0.354 e. The van der Waals surface area contributed by atoms with Gasteiger partial charge in [-0.15, -0.1) is 0 Å². The van der Waals surface area contributed by atoms with E-state index in [1.54, 1.807) is 0 Å². The highest BCUT2D eigenvalue weighted by Crippen LogP contribution is 2.12. The van der Waals surface area contributed by atoms with E-state index in [4.69, 9.17) is 12.2 Å². The monoisotopic (exact) mass is 304 g/mol. The number of piperazine rings is 1. The van der Waals surface area contributed by atoms with Crippen molar-refractivity contribution in [3.8, 4) is 0 Å². The zero-order valence-electron chi connectivity index (χ0n) is 12.2. The first-order valence-corrected chi connectivity index (χ1v) is 7.69. The first-order chi connectivity index (χ1) is 10.3. The number of aromatic nitrogens is 4. The number of nitrogens with zero attached hydrogens (tertiary/aromatic N) is 6. The Morgan fingerprint density at radius 1 is 1.19 bits per heavy atom. The van der Waals surface area contributed by atoms with Gasteiger partial charge in [0.15, 0.2) is 4.77 Å². The fourth-order valence-corrected chi connectivity index (χ4v) is 2.82. The van der Waals surface area contributed by atoms with Gasteiger partial charge in [-0.1, -0.05) is 6.07 Å². The van der Waals surface area contributed by atoms with Crippen LogP contribution in [0.5, 0.6) is 0 Å². The van der Waals surface area contributed by atoms with Gasteiger partial charge in [0.2, 0.25) is 0 Å². The van der Waals surface area contributed by atoms with Crippen LogP contribution in [0.2, 0.25) is 0 Å². The lowest BCUT2D eigenvalue weighted by Gasteiger charge is -2.35. The van der Waals surface area contributed by atoms with Crippen molar-refractivity contribution in [1.29, 1.82) is 0 Å². The predicted molar refractivity (Wildman–Crippen MR) is 84.7 cm³/mol. The summed E-state index contributed by atoms with van der Waals surface area (Å²) in [6, 6.07) is 6.05. The molecule has 6 nitrogen and oxygen atoms in total. The fraction of sp³-hybridized carbons (Fsp3) is 0.500. The lowest BCUT2D eigenvalue weighted by molar-refractivity contribution is 0.193. The molecule has 3 rings (SSSR count). The molecule has 21 heavy (non-hydrogen) atoms. The molecule has 112 valence electrons. The molecular weight excluding hydrogens is 284 g/mol. The first-order valence-electron chi connectivity index (χ1n) is 7.28. The second-order valence-corrected chi connectivity index (χ2v) is 5.50. The van der Waals surface area contributed by atoms with Crippen molar-refractivity contribution in [1.82, 2.24) is 24.2 Å². The molecule has 0 bridgehead atoms. The Kier molecular flexibility index (Phi) is 4.31. The summed E-state index contributed by atoms with van der Waals surface area (Å²) < 4.78 is 4.68. The Bertz CT molecular complexity index is 626. The number of aryl methyl sites for hydroxylation is 1. The van der Waals surface area contributed by atoms with Crippen LogP contribution in [0.4, 0.5) is 5.82 Å². The lowest BCUT2D eigenvalue weighted by atomic mass is 10.3. The van der Waals surface area contributed by atoms with Gasteiger partial charge < -0.3 is 9.47 Å². The molecule has 3 heterocycles. The van der Waals surface area contributed by atoms with Gasteiger partial charge in [-0.25, -0.2) is 9.67 Å². The highest BCUT2D eigenvalue weighted by molar-refractivity contribution is 7.71. The summed E-state index contributed by atoms with van der Waals surface area (Å²) in [4.78, 5) is 9.11. The van der Waals surface area contributed by atoms with E-state index in [2.05, 4.69) is 32.9 Å². The molecule has 0 saturated carbocycles. The van der Waals surface area contributed by atoms with Gasteiger partial charge in [-0.3, -0.25) is 4.90 Å². The van der Waals surface area contributed by atoms with Gasteiger partial charge in [-0.05, 0) is 31.3 Å². The molecule has 0 atom stereocenters. The molecule has 0 unspecified atom stereocenters. The van der Waals surface area contributed by atoms with Crippen LogP contribution in [-0.2, 0) is 13.2 Å². The molecular formula is C14H20N6S. The van der Waals surface area contributed by atoms with Crippen LogP contribution in [0.3, 0.4) is 0 Å². The molecule has 0 aliphatic carbocycles. The van der Waals surface area contributed by atoms with E-state index in [0.29, 0.717) is 0 Å². The summed E-state index contributed by atoms with van der Waals surface area (Å²) in [7, 11) is 0. The van der Waals surface area contributed by atoms with E-state index in [1.165, 1.54) is 0 Å². The van der Waals surface area contributed by atoms with E-state index < -0.39 is 0 Å². The van der Waals surface area contributed by atoms with Crippen molar-refractivity contribution in [3.63, 3.8) is 0 Å². The SMILES string of the molecule is CCn1cnn(CN2CCN(c3ccccn3)CC2)c1=S. The van der Waals surface area contributed by atoms with Crippen LogP contribution in [0.1, 0.15) is 6.92 Å². The zero-order chi connectivity index (χ0) is 14.7. The average molecular weight is 304 g/mol.